The molecular weight excluding hydrogens is 278 g/mol. The van der Waals surface area contributed by atoms with Crippen LogP contribution < -0.4 is 0 Å². The van der Waals surface area contributed by atoms with E-state index in [9.17, 15) is 9.90 Å². The van der Waals surface area contributed by atoms with Gasteiger partial charge in [-0.05, 0) is 18.1 Å². The molecule has 1 atom stereocenters. The second-order valence-corrected chi connectivity index (χ2v) is 5.26. The number of aliphatic hydroxyl groups is 1. The molecule has 0 heterocycles. The highest BCUT2D eigenvalue weighted by molar-refractivity contribution is 5.67. The van der Waals surface area contributed by atoms with E-state index in [1.165, 1.54) is 4.90 Å². The highest BCUT2D eigenvalue weighted by Crippen LogP contribution is 2.09. The Bertz CT molecular complexity index is 569. The molecule has 2 rings (SSSR count). The average Bonchev–Trinajstić information content (AvgIpc) is 2.53. The van der Waals surface area contributed by atoms with Crippen LogP contribution in [0.25, 0.3) is 0 Å². The number of hydrogen-bond acceptors (Lipinski definition) is 3. The molecule has 116 valence electrons. The summed E-state index contributed by atoms with van der Waals surface area (Å²) in [6.07, 6.45) is -1.03. The van der Waals surface area contributed by atoms with E-state index >= 15 is 0 Å². The van der Waals surface area contributed by atoms with E-state index in [0.29, 0.717) is 6.54 Å². The van der Waals surface area contributed by atoms with E-state index in [1.807, 2.05) is 60.7 Å². The number of ether oxygens (including phenoxy) is 1. The van der Waals surface area contributed by atoms with Crippen LogP contribution in [-0.2, 0) is 17.9 Å². The van der Waals surface area contributed by atoms with Crippen LogP contribution in [0.3, 0.4) is 0 Å². The normalized spacial score (nSPS) is 11.7. The maximum absolute atomic E-state index is 12.2. The van der Waals surface area contributed by atoms with Gasteiger partial charge < -0.3 is 14.7 Å². The van der Waals surface area contributed by atoms with E-state index in [-0.39, 0.29) is 13.2 Å². The van der Waals surface area contributed by atoms with Gasteiger partial charge in [-0.3, -0.25) is 0 Å². The highest BCUT2D eigenvalue weighted by atomic mass is 16.6. The minimum atomic E-state index is -0.604. The maximum atomic E-state index is 12.2. The molecule has 1 unspecified atom stereocenters. The van der Waals surface area contributed by atoms with Gasteiger partial charge in [0.1, 0.15) is 6.61 Å². The summed E-state index contributed by atoms with van der Waals surface area (Å²) < 4.78 is 5.34. The Kier molecular flexibility index (Phi) is 5.98. The average molecular weight is 299 g/mol. The Balaban J connectivity index is 1.96. The monoisotopic (exact) mass is 299 g/mol. The Labute approximate surface area is 131 Å². The van der Waals surface area contributed by atoms with Gasteiger partial charge in [0, 0.05) is 6.54 Å². The topological polar surface area (TPSA) is 49.8 Å². The quantitative estimate of drug-likeness (QED) is 0.891. The third kappa shape index (κ3) is 5.22. The first kappa shape index (κ1) is 16.0. The van der Waals surface area contributed by atoms with Gasteiger partial charge in [0.2, 0.25) is 0 Å². The van der Waals surface area contributed by atoms with E-state index in [2.05, 4.69) is 0 Å². The number of benzene rings is 2. The number of nitrogens with zero attached hydrogens (tertiary/aromatic N) is 1. The number of hydrogen-bond donors (Lipinski definition) is 1. The molecule has 0 fully saturated rings. The molecule has 0 aromatic heterocycles. The summed E-state index contributed by atoms with van der Waals surface area (Å²) in [5.74, 6) is 0. The smallest absolute Gasteiger partial charge is 0.410 e. The van der Waals surface area contributed by atoms with Crippen molar-refractivity contribution in [3.63, 3.8) is 0 Å². The predicted octanol–water partition coefficient (Wildman–Crippen LogP) is 3.21. The van der Waals surface area contributed by atoms with Gasteiger partial charge in [-0.2, -0.15) is 0 Å². The standard InChI is InChI=1S/C18H21NO3/c1-15(20)12-19(13-16-8-4-2-5-9-16)18(21)22-14-17-10-6-3-7-11-17/h2-11,15,20H,12-14H2,1H3. The Hall–Kier alpha value is -2.33. The summed E-state index contributed by atoms with van der Waals surface area (Å²) in [5.41, 5.74) is 1.94. The van der Waals surface area contributed by atoms with Crippen LogP contribution in [0, 0.1) is 0 Å². The van der Waals surface area contributed by atoms with E-state index in [0.717, 1.165) is 11.1 Å². The summed E-state index contributed by atoms with van der Waals surface area (Å²) in [4.78, 5) is 13.8. The fourth-order valence-electron chi connectivity index (χ4n) is 2.14. The third-order valence-corrected chi connectivity index (χ3v) is 3.16. The Morgan fingerprint density at radius 3 is 2.14 bits per heavy atom. The molecule has 0 bridgehead atoms. The van der Waals surface area contributed by atoms with Gasteiger partial charge >= 0.3 is 6.09 Å². The molecule has 1 N–H and O–H groups in total. The number of amides is 1. The molecule has 0 aliphatic carbocycles. The zero-order chi connectivity index (χ0) is 15.8. The molecule has 0 saturated carbocycles. The van der Waals surface area contributed by atoms with Crippen molar-refractivity contribution in [3.05, 3.63) is 71.8 Å². The molecule has 0 radical (unpaired) electrons. The Morgan fingerprint density at radius 1 is 1.05 bits per heavy atom. The van der Waals surface area contributed by atoms with Crippen LogP contribution in [0.2, 0.25) is 0 Å². The van der Waals surface area contributed by atoms with Crippen molar-refractivity contribution in [1.82, 2.24) is 4.90 Å². The maximum Gasteiger partial charge on any atom is 0.410 e. The third-order valence-electron chi connectivity index (χ3n) is 3.16. The van der Waals surface area contributed by atoms with Crippen molar-refractivity contribution in [3.8, 4) is 0 Å². The first-order valence-electron chi connectivity index (χ1n) is 7.33. The van der Waals surface area contributed by atoms with Crippen LogP contribution >= 0.6 is 0 Å². The SMILES string of the molecule is CC(O)CN(Cc1ccccc1)C(=O)OCc1ccccc1. The predicted molar refractivity (Wildman–Crippen MR) is 85.2 cm³/mol. The molecule has 0 aliphatic heterocycles. The van der Waals surface area contributed by atoms with Crippen molar-refractivity contribution in [2.24, 2.45) is 0 Å². The molecule has 2 aromatic rings. The highest BCUT2D eigenvalue weighted by Gasteiger charge is 2.17. The first-order valence-corrected chi connectivity index (χ1v) is 7.33. The van der Waals surface area contributed by atoms with Crippen molar-refractivity contribution >= 4 is 6.09 Å². The minimum Gasteiger partial charge on any atom is -0.445 e. The van der Waals surface area contributed by atoms with Crippen LogP contribution in [0.5, 0.6) is 0 Å². The lowest BCUT2D eigenvalue weighted by molar-refractivity contribution is 0.0705. The molecule has 0 saturated heterocycles. The zero-order valence-electron chi connectivity index (χ0n) is 12.7. The van der Waals surface area contributed by atoms with Gasteiger partial charge in [0.25, 0.3) is 0 Å². The van der Waals surface area contributed by atoms with Crippen molar-refractivity contribution in [2.45, 2.75) is 26.2 Å². The van der Waals surface area contributed by atoms with Crippen molar-refractivity contribution in [1.29, 1.82) is 0 Å². The molecule has 4 nitrogen and oxygen atoms in total. The molecule has 2 aromatic carbocycles. The second kappa shape index (κ2) is 8.20. The fourth-order valence-corrected chi connectivity index (χ4v) is 2.14. The van der Waals surface area contributed by atoms with Crippen LogP contribution in [0.15, 0.2) is 60.7 Å². The van der Waals surface area contributed by atoms with Gasteiger partial charge in [-0.25, -0.2) is 4.79 Å². The van der Waals surface area contributed by atoms with E-state index in [1.54, 1.807) is 6.92 Å². The van der Waals surface area contributed by atoms with Crippen LogP contribution in [0.4, 0.5) is 4.79 Å². The van der Waals surface area contributed by atoms with Crippen LogP contribution in [-0.4, -0.2) is 28.7 Å². The molecule has 22 heavy (non-hydrogen) atoms. The van der Waals surface area contributed by atoms with Crippen molar-refractivity contribution in [2.75, 3.05) is 6.54 Å². The van der Waals surface area contributed by atoms with Crippen LogP contribution in [0.1, 0.15) is 18.1 Å². The van der Waals surface area contributed by atoms with Gasteiger partial charge in [-0.1, -0.05) is 60.7 Å². The largest absolute Gasteiger partial charge is 0.445 e. The number of aliphatic hydroxyl groups excluding tert-OH is 1. The summed E-state index contributed by atoms with van der Waals surface area (Å²) in [5, 5.41) is 9.59. The molecule has 4 heteroatoms. The molecular formula is C18H21NO3. The number of carbonyl (C=O) groups is 1. The summed E-state index contributed by atoms with van der Waals surface area (Å²) in [6.45, 7) is 2.54. The lowest BCUT2D eigenvalue weighted by Crippen LogP contribution is -2.36. The van der Waals surface area contributed by atoms with Gasteiger partial charge in [0.05, 0.1) is 12.6 Å². The number of rotatable bonds is 6. The number of carbonyl (C=O) groups excluding carboxylic acids is 1. The summed E-state index contributed by atoms with van der Waals surface area (Å²) >= 11 is 0. The van der Waals surface area contributed by atoms with Gasteiger partial charge in [0.15, 0.2) is 0 Å². The molecule has 1 amide bonds. The Morgan fingerprint density at radius 2 is 1.59 bits per heavy atom. The van der Waals surface area contributed by atoms with Crippen molar-refractivity contribution < 1.29 is 14.6 Å². The molecule has 0 aliphatic rings. The van der Waals surface area contributed by atoms with E-state index in [4.69, 9.17) is 4.74 Å². The summed E-state index contributed by atoms with van der Waals surface area (Å²) in [6, 6.07) is 19.2. The van der Waals surface area contributed by atoms with Gasteiger partial charge in [-0.15, -0.1) is 0 Å². The minimum absolute atomic E-state index is 0.227. The first-order chi connectivity index (χ1) is 10.6. The zero-order valence-corrected chi connectivity index (χ0v) is 12.7. The second-order valence-electron chi connectivity index (χ2n) is 5.26. The lowest BCUT2D eigenvalue weighted by Gasteiger charge is -2.23. The molecule has 0 spiro atoms. The van der Waals surface area contributed by atoms with E-state index < -0.39 is 12.2 Å². The fraction of sp³-hybridized carbons (Fsp3) is 0.278. The summed E-state index contributed by atoms with van der Waals surface area (Å²) in [7, 11) is 0. The lowest BCUT2D eigenvalue weighted by atomic mass is 10.2.